The van der Waals surface area contributed by atoms with Gasteiger partial charge in [-0.2, -0.15) is 4.98 Å². The second kappa shape index (κ2) is 7.70. The van der Waals surface area contributed by atoms with Crippen LogP contribution >= 0.6 is 11.6 Å². The Morgan fingerprint density at radius 1 is 1.00 bits per heavy atom. The zero-order valence-corrected chi connectivity index (χ0v) is 17.5. The van der Waals surface area contributed by atoms with Crippen LogP contribution in [-0.4, -0.2) is 33.7 Å². The molecule has 0 bridgehead atoms. The SMILES string of the molecule is COc1ccc(C2CC(c3ccc(Cl)cc3)n3nc(N4C(=O)CCC4=O)nc3N2)cc1. The number of imide groups is 1. The van der Waals surface area contributed by atoms with E-state index >= 15 is 0 Å². The van der Waals surface area contributed by atoms with Gasteiger partial charge in [0.15, 0.2) is 0 Å². The number of methoxy groups -OCH3 is 1. The molecule has 0 aliphatic carbocycles. The monoisotopic (exact) mass is 437 g/mol. The van der Waals surface area contributed by atoms with Gasteiger partial charge in [0, 0.05) is 17.9 Å². The van der Waals surface area contributed by atoms with Gasteiger partial charge in [-0.3, -0.25) is 9.59 Å². The third-order valence-corrected chi connectivity index (χ3v) is 5.95. The van der Waals surface area contributed by atoms with Crippen LogP contribution < -0.4 is 15.0 Å². The van der Waals surface area contributed by atoms with Crippen LogP contribution in [0.4, 0.5) is 11.9 Å². The number of anilines is 2. The average Bonchev–Trinajstić information content (AvgIpc) is 3.35. The van der Waals surface area contributed by atoms with E-state index in [0.717, 1.165) is 21.8 Å². The van der Waals surface area contributed by atoms with E-state index in [9.17, 15) is 9.59 Å². The highest BCUT2D eigenvalue weighted by Gasteiger charge is 2.37. The van der Waals surface area contributed by atoms with Crippen molar-refractivity contribution < 1.29 is 14.3 Å². The predicted molar refractivity (Wildman–Crippen MR) is 115 cm³/mol. The lowest BCUT2D eigenvalue weighted by molar-refractivity contribution is -0.121. The maximum atomic E-state index is 12.2. The number of carbonyl (C=O) groups excluding carboxylic acids is 2. The van der Waals surface area contributed by atoms with Gasteiger partial charge in [0.05, 0.1) is 19.2 Å². The molecular formula is C22H20ClN5O3. The highest BCUT2D eigenvalue weighted by atomic mass is 35.5. The van der Waals surface area contributed by atoms with Gasteiger partial charge in [0.25, 0.3) is 5.95 Å². The molecule has 1 saturated heterocycles. The molecule has 2 atom stereocenters. The first-order chi connectivity index (χ1) is 15.0. The summed E-state index contributed by atoms with van der Waals surface area (Å²) in [5.74, 6) is 0.856. The van der Waals surface area contributed by atoms with Crippen molar-refractivity contribution in [1.82, 2.24) is 14.8 Å². The molecule has 9 heteroatoms. The van der Waals surface area contributed by atoms with E-state index < -0.39 is 0 Å². The first kappa shape index (κ1) is 19.6. The Kier molecular flexibility index (Phi) is 4.86. The van der Waals surface area contributed by atoms with Crippen LogP contribution in [0.15, 0.2) is 48.5 Å². The Morgan fingerprint density at radius 2 is 1.65 bits per heavy atom. The summed E-state index contributed by atoms with van der Waals surface area (Å²) in [6, 6.07) is 15.3. The zero-order chi connectivity index (χ0) is 21.5. The number of nitrogens with one attached hydrogen (secondary N) is 1. The minimum atomic E-state index is -0.275. The molecule has 2 unspecified atom stereocenters. The van der Waals surface area contributed by atoms with Crippen molar-refractivity contribution in [2.24, 2.45) is 0 Å². The topological polar surface area (TPSA) is 89.4 Å². The Hall–Kier alpha value is -3.39. The molecule has 1 fully saturated rings. The number of halogens is 1. The van der Waals surface area contributed by atoms with E-state index in [1.807, 2.05) is 48.5 Å². The van der Waals surface area contributed by atoms with Gasteiger partial charge in [-0.25, -0.2) is 9.58 Å². The first-order valence-corrected chi connectivity index (χ1v) is 10.4. The summed E-state index contributed by atoms with van der Waals surface area (Å²) in [4.78, 5) is 30.0. The molecule has 3 aromatic rings. The summed E-state index contributed by atoms with van der Waals surface area (Å²) in [6.45, 7) is 0. The number of hydrogen-bond acceptors (Lipinski definition) is 6. The second-order valence-electron chi connectivity index (χ2n) is 7.58. The van der Waals surface area contributed by atoms with Crippen molar-refractivity contribution in [1.29, 1.82) is 0 Å². The molecule has 2 amide bonds. The normalized spacial score (nSPS) is 20.5. The van der Waals surface area contributed by atoms with Crippen LogP contribution in [-0.2, 0) is 9.59 Å². The van der Waals surface area contributed by atoms with Crippen molar-refractivity contribution in [2.45, 2.75) is 31.3 Å². The van der Waals surface area contributed by atoms with Crippen molar-refractivity contribution in [3.05, 3.63) is 64.7 Å². The van der Waals surface area contributed by atoms with Crippen molar-refractivity contribution in [3.63, 3.8) is 0 Å². The number of ether oxygens (including phenoxy) is 1. The number of carbonyl (C=O) groups is 2. The van der Waals surface area contributed by atoms with Crippen LogP contribution in [0.25, 0.3) is 0 Å². The van der Waals surface area contributed by atoms with Gasteiger partial charge in [-0.05, 0) is 41.8 Å². The highest BCUT2D eigenvalue weighted by molar-refractivity contribution is 6.30. The molecule has 1 aromatic heterocycles. The Labute approximate surface area is 183 Å². The van der Waals surface area contributed by atoms with Crippen LogP contribution in [0.1, 0.15) is 42.5 Å². The molecule has 3 heterocycles. The highest BCUT2D eigenvalue weighted by Crippen LogP contribution is 2.39. The van der Waals surface area contributed by atoms with Crippen LogP contribution in [0, 0.1) is 0 Å². The van der Waals surface area contributed by atoms with Gasteiger partial charge >= 0.3 is 0 Å². The quantitative estimate of drug-likeness (QED) is 0.625. The van der Waals surface area contributed by atoms with Gasteiger partial charge in [-0.15, -0.1) is 5.10 Å². The summed E-state index contributed by atoms with van der Waals surface area (Å²) in [5.41, 5.74) is 2.09. The van der Waals surface area contributed by atoms with E-state index in [0.29, 0.717) is 17.4 Å². The molecule has 2 aliphatic rings. The molecule has 1 N–H and O–H groups in total. The number of amides is 2. The van der Waals surface area contributed by atoms with Crippen molar-refractivity contribution in [3.8, 4) is 5.75 Å². The molecule has 0 saturated carbocycles. The molecule has 0 radical (unpaired) electrons. The zero-order valence-electron chi connectivity index (χ0n) is 16.8. The molecule has 31 heavy (non-hydrogen) atoms. The number of aromatic nitrogens is 3. The fourth-order valence-corrected chi connectivity index (χ4v) is 4.20. The number of benzene rings is 2. The third-order valence-electron chi connectivity index (χ3n) is 5.70. The molecule has 0 spiro atoms. The summed E-state index contributed by atoms with van der Waals surface area (Å²) < 4.78 is 7.01. The van der Waals surface area contributed by atoms with E-state index in [2.05, 4.69) is 15.4 Å². The molecule has 2 aliphatic heterocycles. The minimum Gasteiger partial charge on any atom is -0.497 e. The fourth-order valence-electron chi connectivity index (χ4n) is 4.08. The predicted octanol–water partition coefficient (Wildman–Crippen LogP) is 3.74. The standard InChI is InChI=1S/C22H20ClN5O3/c1-31-16-8-4-13(5-9-16)17-12-18(14-2-6-15(23)7-3-14)28-21(24-17)25-22(26-28)27-19(29)10-11-20(27)30/h2-9,17-18H,10-12H2,1H3,(H,24,25,26). The number of hydrogen-bond donors (Lipinski definition) is 1. The molecule has 158 valence electrons. The maximum absolute atomic E-state index is 12.2. The number of fused-ring (bicyclic) bond motifs is 1. The summed E-state index contributed by atoms with van der Waals surface area (Å²) in [6.07, 6.45) is 1.07. The lowest BCUT2D eigenvalue weighted by Gasteiger charge is -2.31. The average molecular weight is 438 g/mol. The van der Waals surface area contributed by atoms with Crippen molar-refractivity contribution in [2.75, 3.05) is 17.3 Å². The summed E-state index contributed by atoms with van der Waals surface area (Å²) in [7, 11) is 1.63. The smallest absolute Gasteiger partial charge is 0.260 e. The van der Waals surface area contributed by atoms with E-state index in [4.69, 9.17) is 16.3 Å². The minimum absolute atomic E-state index is 0.0406. The molecule has 5 rings (SSSR count). The van der Waals surface area contributed by atoms with Gasteiger partial charge in [-0.1, -0.05) is 35.9 Å². The first-order valence-electron chi connectivity index (χ1n) is 10.0. The van der Waals surface area contributed by atoms with Crippen LogP contribution in [0.5, 0.6) is 5.75 Å². The second-order valence-corrected chi connectivity index (χ2v) is 8.01. The molecular weight excluding hydrogens is 418 g/mol. The lowest BCUT2D eigenvalue weighted by Crippen LogP contribution is -2.30. The largest absolute Gasteiger partial charge is 0.497 e. The van der Waals surface area contributed by atoms with Crippen molar-refractivity contribution >= 4 is 35.3 Å². The Bertz CT molecular complexity index is 1130. The fraction of sp³-hybridized carbons (Fsp3) is 0.273. The third kappa shape index (κ3) is 3.53. The number of nitrogens with zero attached hydrogens (tertiary/aromatic N) is 4. The molecule has 2 aromatic carbocycles. The van der Waals surface area contributed by atoms with Crippen LogP contribution in [0.3, 0.4) is 0 Å². The van der Waals surface area contributed by atoms with Gasteiger partial charge in [0.2, 0.25) is 17.8 Å². The Morgan fingerprint density at radius 3 is 2.29 bits per heavy atom. The van der Waals surface area contributed by atoms with E-state index in [1.165, 1.54) is 0 Å². The molecule has 8 nitrogen and oxygen atoms in total. The Balaban J connectivity index is 1.55. The summed E-state index contributed by atoms with van der Waals surface area (Å²) >= 11 is 6.09. The number of rotatable bonds is 4. The summed E-state index contributed by atoms with van der Waals surface area (Å²) in [5, 5.41) is 8.60. The van der Waals surface area contributed by atoms with E-state index in [-0.39, 0.29) is 42.7 Å². The van der Waals surface area contributed by atoms with Gasteiger partial charge in [0.1, 0.15) is 5.75 Å². The van der Waals surface area contributed by atoms with Gasteiger partial charge < -0.3 is 10.1 Å². The maximum Gasteiger partial charge on any atom is 0.260 e. The van der Waals surface area contributed by atoms with E-state index in [1.54, 1.807) is 11.8 Å². The lowest BCUT2D eigenvalue weighted by atomic mass is 9.93. The van der Waals surface area contributed by atoms with Crippen LogP contribution in [0.2, 0.25) is 5.02 Å².